The Hall–Kier alpha value is -2.10. The van der Waals surface area contributed by atoms with E-state index in [0.29, 0.717) is 24.0 Å². The normalized spacial score (nSPS) is 43.6. The first kappa shape index (κ1) is 28.9. The third-order valence-electron chi connectivity index (χ3n) is 11.3. The van der Waals surface area contributed by atoms with Crippen LogP contribution in [0.25, 0.3) is 0 Å². The van der Waals surface area contributed by atoms with Crippen LogP contribution in [-0.4, -0.2) is 67.8 Å². The van der Waals surface area contributed by atoms with Gasteiger partial charge in [-0.25, -0.2) is 0 Å². The van der Waals surface area contributed by atoms with Gasteiger partial charge in [0.25, 0.3) is 0 Å². The number of ether oxygens (including phenoxy) is 1. The summed E-state index contributed by atoms with van der Waals surface area (Å²) in [5, 5.41) is 43.3. The molecule has 0 aromatic rings. The number of aliphatic hydroxyl groups excluding tert-OH is 2. The van der Waals surface area contributed by atoms with Crippen molar-refractivity contribution in [1.29, 1.82) is 0 Å². The van der Waals surface area contributed by atoms with Gasteiger partial charge in [-0.1, -0.05) is 27.7 Å². The van der Waals surface area contributed by atoms with E-state index in [1.54, 1.807) is 13.8 Å². The molecule has 9 atom stereocenters. The van der Waals surface area contributed by atoms with Crippen LogP contribution in [-0.2, 0) is 23.9 Å². The fraction of sp³-hybridized carbons (Fsp3) is 0.793. The molecule has 0 aliphatic heterocycles. The molecule has 38 heavy (non-hydrogen) atoms. The molecular formula is C29H42O9. The minimum Gasteiger partial charge on any atom is -0.481 e. The van der Waals surface area contributed by atoms with Gasteiger partial charge < -0.3 is 25.2 Å². The largest absolute Gasteiger partial charge is 0.481 e. The van der Waals surface area contributed by atoms with Crippen molar-refractivity contribution in [2.45, 2.75) is 111 Å². The molecular weight excluding hydrogens is 492 g/mol. The maximum atomic E-state index is 14.5. The van der Waals surface area contributed by atoms with Crippen LogP contribution in [0.2, 0.25) is 0 Å². The summed E-state index contributed by atoms with van der Waals surface area (Å²) in [6, 6.07) is 0. The number of hydrogen-bond donors (Lipinski definition) is 4. The van der Waals surface area contributed by atoms with E-state index < -0.39 is 69.2 Å². The zero-order valence-electron chi connectivity index (χ0n) is 23.5. The highest BCUT2D eigenvalue weighted by Crippen LogP contribution is 2.71. The highest BCUT2D eigenvalue weighted by atomic mass is 16.5. The molecule has 4 aliphatic rings. The number of hydrogen-bond acceptors (Lipinski definition) is 8. The van der Waals surface area contributed by atoms with Crippen LogP contribution in [0, 0.1) is 33.5 Å². The van der Waals surface area contributed by atoms with E-state index in [1.807, 2.05) is 20.8 Å². The van der Waals surface area contributed by atoms with Crippen molar-refractivity contribution in [1.82, 2.24) is 0 Å². The summed E-state index contributed by atoms with van der Waals surface area (Å²) in [4.78, 5) is 52.3. The lowest BCUT2D eigenvalue weighted by atomic mass is 9.41. The summed E-state index contributed by atoms with van der Waals surface area (Å²) in [7, 11) is 0. The van der Waals surface area contributed by atoms with Gasteiger partial charge in [0.1, 0.15) is 5.78 Å². The molecule has 0 saturated heterocycles. The second-order valence-corrected chi connectivity index (χ2v) is 13.6. The summed E-state index contributed by atoms with van der Waals surface area (Å²) < 4.78 is 5.73. The molecule has 0 aromatic carbocycles. The van der Waals surface area contributed by atoms with Crippen molar-refractivity contribution < 1.29 is 44.3 Å². The van der Waals surface area contributed by atoms with Crippen LogP contribution in [0.4, 0.5) is 0 Å². The maximum Gasteiger partial charge on any atom is 0.303 e. The Labute approximate surface area is 223 Å². The second-order valence-electron chi connectivity index (χ2n) is 13.6. The van der Waals surface area contributed by atoms with Gasteiger partial charge in [-0.15, -0.1) is 0 Å². The fourth-order valence-electron chi connectivity index (χ4n) is 8.99. The minimum atomic E-state index is -1.67. The van der Waals surface area contributed by atoms with E-state index in [-0.39, 0.29) is 37.4 Å². The number of aliphatic carboxylic acids is 1. The van der Waals surface area contributed by atoms with Crippen LogP contribution in [0.5, 0.6) is 0 Å². The molecule has 212 valence electrons. The predicted molar refractivity (Wildman–Crippen MR) is 136 cm³/mol. The smallest absolute Gasteiger partial charge is 0.303 e. The molecule has 2 fully saturated rings. The van der Waals surface area contributed by atoms with Crippen molar-refractivity contribution in [2.75, 3.05) is 0 Å². The van der Waals surface area contributed by atoms with Crippen LogP contribution in [0.3, 0.4) is 0 Å². The molecule has 9 heteroatoms. The Kier molecular flexibility index (Phi) is 6.62. The van der Waals surface area contributed by atoms with Crippen molar-refractivity contribution in [3.8, 4) is 0 Å². The lowest BCUT2D eigenvalue weighted by molar-refractivity contribution is -0.186. The number of fused-ring (bicyclic) bond motifs is 4. The molecule has 0 amide bonds. The number of Topliss-reactive ketones (excluding diaryl/α,β-unsaturated/α-hetero) is 2. The van der Waals surface area contributed by atoms with Crippen molar-refractivity contribution in [3.63, 3.8) is 0 Å². The second kappa shape index (κ2) is 8.70. The Bertz CT molecular complexity index is 1120. The Morgan fingerprint density at radius 1 is 1.11 bits per heavy atom. The predicted octanol–water partition coefficient (Wildman–Crippen LogP) is 2.58. The zero-order chi connectivity index (χ0) is 28.8. The van der Waals surface area contributed by atoms with E-state index in [4.69, 9.17) is 4.74 Å². The molecule has 4 aliphatic carbocycles. The molecule has 0 heterocycles. The number of aliphatic hydroxyl groups is 3. The van der Waals surface area contributed by atoms with Crippen molar-refractivity contribution in [2.24, 2.45) is 33.5 Å². The Morgan fingerprint density at radius 3 is 2.26 bits per heavy atom. The van der Waals surface area contributed by atoms with Gasteiger partial charge in [-0.3, -0.25) is 19.2 Å². The summed E-state index contributed by atoms with van der Waals surface area (Å²) in [6.07, 6.45) is -2.68. The van der Waals surface area contributed by atoms with Gasteiger partial charge in [0, 0.05) is 36.7 Å². The van der Waals surface area contributed by atoms with E-state index in [2.05, 4.69) is 0 Å². The number of esters is 1. The van der Waals surface area contributed by atoms with Crippen LogP contribution in [0.15, 0.2) is 11.1 Å². The number of carboxylic acid groups (broad SMARTS) is 1. The van der Waals surface area contributed by atoms with E-state index in [0.717, 1.165) is 0 Å². The van der Waals surface area contributed by atoms with E-state index in [9.17, 15) is 39.6 Å². The standard InChI is InChI=1S/C29H42O9/c1-14(30)38-24-23(36)22-21(15(31)12-16-25(2,3)18(32)8-10-26(16,22)4)29(7)19(33)13-17(28(24,29)6)27(5,37)11-9-20(34)35/h15-18,24,31-32,37H,8-13H2,1-7H3,(H,34,35)/t15-,16-,17+,18-,24+,26-,27+,28-,29-/m0/s1. The highest BCUT2D eigenvalue weighted by Gasteiger charge is 2.75. The summed E-state index contributed by atoms with van der Waals surface area (Å²) in [5.74, 6) is -3.76. The third kappa shape index (κ3) is 3.60. The zero-order valence-corrected chi connectivity index (χ0v) is 23.5. The molecule has 2 saturated carbocycles. The average Bonchev–Trinajstić information content (AvgIpc) is 3.02. The molecule has 4 N–H and O–H groups in total. The van der Waals surface area contributed by atoms with Crippen LogP contribution >= 0.6 is 0 Å². The summed E-state index contributed by atoms with van der Waals surface area (Å²) >= 11 is 0. The van der Waals surface area contributed by atoms with E-state index >= 15 is 0 Å². The highest BCUT2D eigenvalue weighted by molar-refractivity contribution is 6.08. The first-order chi connectivity index (χ1) is 17.3. The first-order valence-corrected chi connectivity index (χ1v) is 13.6. The monoisotopic (exact) mass is 534 g/mol. The fourth-order valence-corrected chi connectivity index (χ4v) is 8.99. The lowest BCUT2D eigenvalue weighted by Gasteiger charge is -2.63. The number of rotatable bonds is 5. The minimum absolute atomic E-state index is 0.154. The van der Waals surface area contributed by atoms with Gasteiger partial charge in [-0.2, -0.15) is 0 Å². The SMILES string of the molecule is CC(=O)O[C@@H]1C(=O)C2=C([C@@H](O)C[C@H]3C(C)(C)[C@@H](O)CC[C@]23C)[C@]2(C)C(=O)C[C@H]([C@](C)(O)CCC(=O)O)[C@@]12C. The average molecular weight is 535 g/mol. The first-order valence-electron chi connectivity index (χ1n) is 13.6. The van der Waals surface area contributed by atoms with Gasteiger partial charge in [0.15, 0.2) is 6.10 Å². The molecule has 9 nitrogen and oxygen atoms in total. The molecule has 0 unspecified atom stereocenters. The third-order valence-corrected chi connectivity index (χ3v) is 11.3. The number of ketones is 2. The van der Waals surface area contributed by atoms with Gasteiger partial charge in [0.05, 0.1) is 23.2 Å². The number of carbonyl (C=O) groups is 4. The summed E-state index contributed by atoms with van der Waals surface area (Å²) in [5.41, 5.74) is -5.29. The Balaban J connectivity index is 1.99. The van der Waals surface area contributed by atoms with Gasteiger partial charge >= 0.3 is 11.9 Å². The van der Waals surface area contributed by atoms with Crippen LogP contribution < -0.4 is 0 Å². The molecule has 0 aromatic heterocycles. The maximum absolute atomic E-state index is 14.5. The summed E-state index contributed by atoms with van der Waals surface area (Å²) in [6.45, 7) is 11.8. The molecule has 0 bridgehead atoms. The molecule has 0 spiro atoms. The van der Waals surface area contributed by atoms with Crippen LogP contribution in [0.1, 0.15) is 87.0 Å². The van der Waals surface area contributed by atoms with Gasteiger partial charge in [-0.05, 0) is 61.9 Å². The van der Waals surface area contributed by atoms with E-state index in [1.165, 1.54) is 13.8 Å². The number of carboxylic acids is 1. The molecule has 0 radical (unpaired) electrons. The van der Waals surface area contributed by atoms with Crippen molar-refractivity contribution >= 4 is 23.5 Å². The number of carbonyl (C=O) groups excluding carboxylic acids is 3. The quantitative estimate of drug-likeness (QED) is 0.389. The lowest BCUT2D eigenvalue weighted by Crippen LogP contribution is -2.66. The van der Waals surface area contributed by atoms with Gasteiger partial charge in [0.2, 0.25) is 5.78 Å². The van der Waals surface area contributed by atoms with Crippen molar-refractivity contribution in [3.05, 3.63) is 11.1 Å². The topological polar surface area (TPSA) is 158 Å². The Morgan fingerprint density at radius 2 is 1.71 bits per heavy atom. The molecule has 4 rings (SSSR count).